The number of anilines is 2. The van der Waals surface area contributed by atoms with E-state index < -0.39 is 10.0 Å². The fourth-order valence-corrected chi connectivity index (χ4v) is 4.11. The molecule has 2 N–H and O–H groups in total. The van der Waals surface area contributed by atoms with E-state index in [0.29, 0.717) is 23.5 Å². The summed E-state index contributed by atoms with van der Waals surface area (Å²) in [6.07, 6.45) is 0.420. The van der Waals surface area contributed by atoms with Crippen LogP contribution >= 0.6 is 11.8 Å². The van der Waals surface area contributed by atoms with Gasteiger partial charge in [0.25, 0.3) is 10.0 Å². The molecular weight excluding hydrogens is 320 g/mol. The van der Waals surface area contributed by atoms with Crippen molar-refractivity contribution in [3.63, 3.8) is 0 Å². The number of hydrogen-bond donors (Lipinski definition) is 2. The molecule has 1 amide bonds. The maximum absolute atomic E-state index is 12.4. The molecule has 2 aromatic rings. The molecule has 0 atom stereocenters. The number of amides is 1. The van der Waals surface area contributed by atoms with Crippen LogP contribution in [0.3, 0.4) is 0 Å². The fourth-order valence-electron chi connectivity index (χ4n) is 2.09. The Balaban J connectivity index is 1.93. The number of sulfonamides is 1. The first-order valence-electron chi connectivity index (χ1n) is 6.69. The molecule has 1 aliphatic heterocycles. The van der Waals surface area contributed by atoms with Crippen molar-refractivity contribution in [2.75, 3.05) is 15.8 Å². The SMILES string of the molecule is O=C1CCSc2ccc(S(=O)(=O)Nc3ccccc3)cc2N1. The van der Waals surface area contributed by atoms with Gasteiger partial charge in [-0.2, -0.15) is 0 Å². The lowest BCUT2D eigenvalue weighted by molar-refractivity contribution is -0.115. The van der Waals surface area contributed by atoms with Crippen molar-refractivity contribution in [3.05, 3.63) is 48.5 Å². The Morgan fingerprint density at radius 1 is 1.09 bits per heavy atom. The van der Waals surface area contributed by atoms with Crippen LogP contribution in [0.2, 0.25) is 0 Å². The van der Waals surface area contributed by atoms with Crippen molar-refractivity contribution >= 4 is 39.1 Å². The topological polar surface area (TPSA) is 75.3 Å². The molecule has 22 heavy (non-hydrogen) atoms. The van der Waals surface area contributed by atoms with Gasteiger partial charge >= 0.3 is 0 Å². The van der Waals surface area contributed by atoms with Crippen molar-refractivity contribution in [2.45, 2.75) is 16.2 Å². The third kappa shape index (κ3) is 3.26. The molecule has 0 fully saturated rings. The molecule has 0 aromatic heterocycles. The molecule has 0 radical (unpaired) electrons. The summed E-state index contributed by atoms with van der Waals surface area (Å²) < 4.78 is 27.4. The lowest BCUT2D eigenvalue weighted by Crippen LogP contribution is -2.14. The highest BCUT2D eigenvalue weighted by atomic mass is 32.2. The maximum Gasteiger partial charge on any atom is 0.261 e. The Morgan fingerprint density at radius 2 is 1.86 bits per heavy atom. The normalized spacial score (nSPS) is 14.6. The van der Waals surface area contributed by atoms with Crippen LogP contribution in [0.4, 0.5) is 11.4 Å². The average Bonchev–Trinajstić information content (AvgIpc) is 2.67. The van der Waals surface area contributed by atoms with Gasteiger partial charge in [0.05, 0.1) is 10.6 Å². The molecule has 114 valence electrons. The summed E-state index contributed by atoms with van der Waals surface area (Å²) in [5.74, 6) is 0.588. The van der Waals surface area contributed by atoms with Crippen molar-refractivity contribution in [2.24, 2.45) is 0 Å². The zero-order valence-electron chi connectivity index (χ0n) is 11.6. The van der Waals surface area contributed by atoms with Crippen LogP contribution in [0.1, 0.15) is 6.42 Å². The highest BCUT2D eigenvalue weighted by Gasteiger charge is 2.19. The van der Waals surface area contributed by atoms with Crippen molar-refractivity contribution in [1.29, 1.82) is 0 Å². The second kappa shape index (κ2) is 6.02. The van der Waals surface area contributed by atoms with E-state index in [1.807, 2.05) is 6.07 Å². The van der Waals surface area contributed by atoms with Crippen LogP contribution in [0.25, 0.3) is 0 Å². The van der Waals surface area contributed by atoms with Crippen LogP contribution in [0.5, 0.6) is 0 Å². The summed E-state index contributed by atoms with van der Waals surface area (Å²) in [7, 11) is -3.69. The molecule has 0 bridgehead atoms. The minimum Gasteiger partial charge on any atom is -0.325 e. The number of carbonyl (C=O) groups is 1. The van der Waals surface area contributed by atoms with Crippen LogP contribution in [0.15, 0.2) is 58.3 Å². The van der Waals surface area contributed by atoms with E-state index in [9.17, 15) is 13.2 Å². The van der Waals surface area contributed by atoms with Gasteiger partial charge in [-0.3, -0.25) is 9.52 Å². The zero-order chi connectivity index (χ0) is 15.6. The molecule has 0 aliphatic carbocycles. The molecule has 1 aliphatic rings. The molecule has 7 heteroatoms. The number of thioether (sulfide) groups is 1. The van der Waals surface area contributed by atoms with Gasteiger partial charge in [-0.15, -0.1) is 11.8 Å². The monoisotopic (exact) mass is 334 g/mol. The van der Waals surface area contributed by atoms with Crippen molar-refractivity contribution in [1.82, 2.24) is 0 Å². The van der Waals surface area contributed by atoms with Gasteiger partial charge in [0.15, 0.2) is 0 Å². The molecule has 3 rings (SSSR count). The van der Waals surface area contributed by atoms with Crippen LogP contribution in [-0.4, -0.2) is 20.1 Å². The largest absolute Gasteiger partial charge is 0.325 e. The average molecular weight is 334 g/mol. The number of nitrogens with one attached hydrogen (secondary N) is 2. The number of benzene rings is 2. The van der Waals surface area contributed by atoms with Gasteiger partial charge in [-0.05, 0) is 30.3 Å². The molecule has 0 spiro atoms. The Labute approximate surface area is 133 Å². The predicted molar refractivity (Wildman–Crippen MR) is 87.7 cm³/mol. The summed E-state index contributed by atoms with van der Waals surface area (Å²) in [6.45, 7) is 0. The summed E-state index contributed by atoms with van der Waals surface area (Å²) >= 11 is 1.54. The standard InChI is InChI=1S/C15H14N2O3S2/c18-15-8-9-21-14-7-6-12(10-13(14)16-15)22(19,20)17-11-4-2-1-3-5-11/h1-7,10,17H,8-9H2,(H,16,18). The number of carbonyl (C=O) groups excluding carboxylic acids is 1. The van der Waals surface area contributed by atoms with Gasteiger partial charge in [0.1, 0.15) is 0 Å². The number of hydrogen-bond acceptors (Lipinski definition) is 4. The highest BCUT2D eigenvalue weighted by molar-refractivity contribution is 7.99. The first-order chi connectivity index (χ1) is 10.5. The number of para-hydroxylation sites is 1. The van der Waals surface area contributed by atoms with E-state index in [1.54, 1.807) is 36.4 Å². The van der Waals surface area contributed by atoms with Gasteiger partial charge in [0.2, 0.25) is 5.91 Å². The van der Waals surface area contributed by atoms with E-state index in [-0.39, 0.29) is 10.8 Å². The van der Waals surface area contributed by atoms with Crippen LogP contribution in [-0.2, 0) is 14.8 Å². The van der Waals surface area contributed by atoms with E-state index in [0.717, 1.165) is 4.90 Å². The maximum atomic E-state index is 12.4. The van der Waals surface area contributed by atoms with Crippen LogP contribution in [0, 0.1) is 0 Å². The van der Waals surface area contributed by atoms with E-state index in [2.05, 4.69) is 10.0 Å². The van der Waals surface area contributed by atoms with Crippen molar-refractivity contribution < 1.29 is 13.2 Å². The molecule has 0 saturated carbocycles. The lowest BCUT2D eigenvalue weighted by atomic mass is 10.3. The first kappa shape index (κ1) is 14.9. The second-order valence-corrected chi connectivity index (χ2v) is 7.60. The van der Waals surface area contributed by atoms with Gasteiger partial charge < -0.3 is 5.32 Å². The Kier molecular flexibility index (Phi) is 4.08. The number of fused-ring (bicyclic) bond motifs is 1. The summed E-state index contributed by atoms with van der Waals surface area (Å²) in [5.41, 5.74) is 1.04. The molecule has 2 aromatic carbocycles. The second-order valence-electron chi connectivity index (χ2n) is 4.78. The smallest absolute Gasteiger partial charge is 0.261 e. The van der Waals surface area contributed by atoms with Crippen LogP contribution < -0.4 is 10.0 Å². The van der Waals surface area contributed by atoms with E-state index in [4.69, 9.17) is 0 Å². The summed E-state index contributed by atoms with van der Waals surface area (Å²) in [4.78, 5) is 12.6. The first-order valence-corrected chi connectivity index (χ1v) is 9.16. The van der Waals surface area contributed by atoms with Gasteiger partial charge in [-0.1, -0.05) is 18.2 Å². The zero-order valence-corrected chi connectivity index (χ0v) is 13.2. The minimum atomic E-state index is -3.69. The fraction of sp³-hybridized carbons (Fsp3) is 0.133. The summed E-state index contributed by atoms with van der Waals surface area (Å²) in [6, 6.07) is 13.5. The van der Waals surface area contributed by atoms with E-state index in [1.165, 1.54) is 17.8 Å². The van der Waals surface area contributed by atoms with Crippen molar-refractivity contribution in [3.8, 4) is 0 Å². The van der Waals surface area contributed by atoms with Gasteiger partial charge in [-0.25, -0.2) is 8.42 Å². The molecule has 1 heterocycles. The Morgan fingerprint density at radius 3 is 2.64 bits per heavy atom. The third-order valence-corrected chi connectivity index (χ3v) is 5.60. The minimum absolute atomic E-state index is 0.100. The van der Waals surface area contributed by atoms with E-state index >= 15 is 0 Å². The highest BCUT2D eigenvalue weighted by Crippen LogP contribution is 2.33. The quantitative estimate of drug-likeness (QED) is 0.905. The third-order valence-electron chi connectivity index (χ3n) is 3.15. The predicted octanol–water partition coefficient (Wildman–Crippen LogP) is 2.92. The van der Waals surface area contributed by atoms with Gasteiger partial charge in [0, 0.05) is 22.8 Å². The molecule has 0 unspecified atom stereocenters. The molecule has 5 nitrogen and oxygen atoms in total. The lowest BCUT2D eigenvalue weighted by Gasteiger charge is -2.11. The Hall–Kier alpha value is -1.99. The number of rotatable bonds is 3. The molecular formula is C15H14N2O3S2. The summed E-state index contributed by atoms with van der Waals surface area (Å²) in [5, 5.41) is 2.75. The Bertz CT molecular complexity index is 805. The molecule has 0 saturated heterocycles.